The molecule has 0 saturated heterocycles. The lowest BCUT2D eigenvalue weighted by atomic mass is 10.2. The molecule has 1 amide bonds. The van der Waals surface area contributed by atoms with Gasteiger partial charge in [0.1, 0.15) is 12.4 Å². The van der Waals surface area contributed by atoms with Crippen molar-refractivity contribution in [2.75, 3.05) is 6.61 Å². The molecule has 0 radical (unpaired) electrons. The minimum atomic E-state index is -0.588. The lowest BCUT2D eigenvalue weighted by molar-refractivity contribution is 0.152. The molecule has 0 aliphatic carbocycles. The Balaban J connectivity index is 1.93. The summed E-state index contributed by atoms with van der Waals surface area (Å²) in [5.74, 6) is 0.685. The molecule has 0 fully saturated rings. The number of nitrogens with one attached hydrogen (secondary N) is 1. The van der Waals surface area contributed by atoms with E-state index >= 15 is 0 Å². The van der Waals surface area contributed by atoms with Gasteiger partial charge >= 0.3 is 6.09 Å². The fraction of sp³-hybridized carbons (Fsp3) is 0.176. The molecule has 1 N–H and O–H groups in total. The highest BCUT2D eigenvalue weighted by atomic mass is 35.5. The average molecular weight is 333 g/mol. The molecule has 0 bridgehead atoms. The van der Waals surface area contributed by atoms with Crippen LogP contribution in [0.15, 0.2) is 53.6 Å². The van der Waals surface area contributed by atoms with E-state index in [0.717, 1.165) is 11.1 Å². The molecule has 0 aromatic heterocycles. The van der Waals surface area contributed by atoms with Gasteiger partial charge < -0.3 is 9.47 Å². The van der Waals surface area contributed by atoms with Crippen LogP contribution in [0.3, 0.4) is 0 Å². The van der Waals surface area contributed by atoms with Gasteiger partial charge in [-0.1, -0.05) is 41.9 Å². The summed E-state index contributed by atoms with van der Waals surface area (Å²) in [7, 11) is 0. The normalized spacial score (nSPS) is 10.5. The van der Waals surface area contributed by atoms with E-state index in [2.05, 4.69) is 10.5 Å². The van der Waals surface area contributed by atoms with Gasteiger partial charge in [0.15, 0.2) is 0 Å². The van der Waals surface area contributed by atoms with Crippen LogP contribution in [-0.4, -0.2) is 18.9 Å². The summed E-state index contributed by atoms with van der Waals surface area (Å²) in [5, 5.41) is 4.48. The molecule has 6 heteroatoms. The topological polar surface area (TPSA) is 59.9 Å². The Morgan fingerprint density at radius 3 is 2.87 bits per heavy atom. The smallest absolute Gasteiger partial charge is 0.427 e. The predicted molar refractivity (Wildman–Crippen MR) is 90.0 cm³/mol. The van der Waals surface area contributed by atoms with Crippen molar-refractivity contribution in [3.63, 3.8) is 0 Å². The number of halogens is 1. The monoisotopic (exact) mass is 332 g/mol. The molecule has 2 aromatic carbocycles. The quantitative estimate of drug-likeness (QED) is 0.642. The maximum Gasteiger partial charge on any atom is 0.427 e. The lowest BCUT2D eigenvalue weighted by Gasteiger charge is -2.08. The van der Waals surface area contributed by atoms with Crippen LogP contribution >= 0.6 is 11.6 Å². The van der Waals surface area contributed by atoms with Crippen LogP contribution in [0.1, 0.15) is 18.1 Å². The van der Waals surface area contributed by atoms with Crippen molar-refractivity contribution >= 4 is 23.9 Å². The Labute approximate surface area is 139 Å². The van der Waals surface area contributed by atoms with Crippen LogP contribution in [0.2, 0.25) is 5.02 Å². The summed E-state index contributed by atoms with van der Waals surface area (Å²) in [4.78, 5) is 11.1. The zero-order valence-electron chi connectivity index (χ0n) is 12.7. The summed E-state index contributed by atoms with van der Waals surface area (Å²) in [6.45, 7) is 2.40. The Kier molecular flexibility index (Phi) is 6.44. The summed E-state index contributed by atoms with van der Waals surface area (Å²) in [6, 6.07) is 14.9. The Bertz CT molecular complexity index is 689. The minimum Gasteiger partial charge on any atom is -0.489 e. The maximum absolute atomic E-state index is 11.1. The average Bonchev–Trinajstić information content (AvgIpc) is 2.55. The summed E-state index contributed by atoms with van der Waals surface area (Å²) in [5.41, 5.74) is 3.97. The molecule has 0 atom stereocenters. The number of hydrogen-bond donors (Lipinski definition) is 1. The van der Waals surface area contributed by atoms with Crippen LogP contribution in [0.25, 0.3) is 0 Å². The second-order valence-corrected chi connectivity index (χ2v) is 4.95. The van der Waals surface area contributed by atoms with Gasteiger partial charge in [0.25, 0.3) is 0 Å². The first-order valence-electron chi connectivity index (χ1n) is 7.11. The first-order chi connectivity index (χ1) is 11.2. The molecule has 5 nitrogen and oxygen atoms in total. The van der Waals surface area contributed by atoms with E-state index in [-0.39, 0.29) is 0 Å². The number of benzene rings is 2. The van der Waals surface area contributed by atoms with E-state index < -0.39 is 6.09 Å². The van der Waals surface area contributed by atoms with Gasteiger partial charge in [-0.05, 0) is 30.7 Å². The standard InChI is InChI=1S/C17H17ClN2O3/c1-2-22-17(21)20-19-11-13-6-5-8-15(10-13)23-12-14-7-3-4-9-16(14)18/h3-11H,2,12H2,1H3,(H,20,21)/b19-11-. The van der Waals surface area contributed by atoms with Crippen LogP contribution < -0.4 is 10.2 Å². The van der Waals surface area contributed by atoms with Crippen molar-refractivity contribution < 1.29 is 14.3 Å². The molecule has 23 heavy (non-hydrogen) atoms. The largest absolute Gasteiger partial charge is 0.489 e. The van der Waals surface area contributed by atoms with Gasteiger partial charge in [-0.25, -0.2) is 10.2 Å². The van der Waals surface area contributed by atoms with Crippen molar-refractivity contribution in [2.45, 2.75) is 13.5 Å². The third kappa shape index (κ3) is 5.64. The van der Waals surface area contributed by atoms with Crippen LogP contribution in [0.5, 0.6) is 5.75 Å². The van der Waals surface area contributed by atoms with E-state index in [9.17, 15) is 4.79 Å². The molecule has 0 aliphatic heterocycles. The Hall–Kier alpha value is -2.53. The number of carbonyl (C=O) groups excluding carboxylic acids is 1. The van der Waals surface area contributed by atoms with E-state index in [1.54, 1.807) is 6.92 Å². The van der Waals surface area contributed by atoms with Crippen molar-refractivity contribution in [1.29, 1.82) is 0 Å². The maximum atomic E-state index is 11.1. The molecule has 0 heterocycles. The molecular weight excluding hydrogens is 316 g/mol. The molecule has 2 rings (SSSR count). The lowest BCUT2D eigenvalue weighted by Crippen LogP contribution is -2.18. The summed E-state index contributed by atoms with van der Waals surface area (Å²) < 4.78 is 10.4. The number of rotatable bonds is 6. The van der Waals surface area contributed by atoms with Gasteiger partial charge in [0.2, 0.25) is 0 Å². The van der Waals surface area contributed by atoms with Gasteiger partial charge in [-0.3, -0.25) is 0 Å². The van der Waals surface area contributed by atoms with Crippen LogP contribution in [-0.2, 0) is 11.3 Å². The number of hydrogen-bond acceptors (Lipinski definition) is 4. The molecule has 120 valence electrons. The van der Waals surface area contributed by atoms with Crippen molar-refractivity contribution in [3.8, 4) is 5.75 Å². The first-order valence-corrected chi connectivity index (χ1v) is 7.49. The highest BCUT2D eigenvalue weighted by Crippen LogP contribution is 2.19. The van der Waals surface area contributed by atoms with E-state index in [1.165, 1.54) is 6.21 Å². The number of amides is 1. The van der Waals surface area contributed by atoms with Crippen molar-refractivity contribution in [1.82, 2.24) is 5.43 Å². The second kappa shape index (κ2) is 8.80. The molecule has 0 spiro atoms. The fourth-order valence-electron chi connectivity index (χ4n) is 1.78. The summed E-state index contributed by atoms with van der Waals surface area (Å²) >= 11 is 6.09. The summed E-state index contributed by atoms with van der Waals surface area (Å²) in [6.07, 6.45) is 0.925. The van der Waals surface area contributed by atoms with Crippen LogP contribution in [0, 0.1) is 0 Å². The highest BCUT2D eigenvalue weighted by molar-refractivity contribution is 6.31. The van der Waals surface area contributed by atoms with Gasteiger partial charge in [0, 0.05) is 10.6 Å². The molecular formula is C17H17ClN2O3. The Morgan fingerprint density at radius 2 is 2.09 bits per heavy atom. The molecule has 0 aliphatic rings. The zero-order chi connectivity index (χ0) is 16.5. The molecule has 0 unspecified atom stereocenters. The first kappa shape index (κ1) is 16.8. The van der Waals surface area contributed by atoms with E-state index in [1.807, 2.05) is 48.5 Å². The van der Waals surface area contributed by atoms with Crippen molar-refractivity contribution in [3.05, 3.63) is 64.7 Å². The van der Waals surface area contributed by atoms with Crippen molar-refractivity contribution in [2.24, 2.45) is 5.10 Å². The van der Waals surface area contributed by atoms with Gasteiger partial charge in [0.05, 0.1) is 12.8 Å². The number of carbonyl (C=O) groups is 1. The molecule has 0 saturated carbocycles. The number of ether oxygens (including phenoxy) is 2. The van der Waals surface area contributed by atoms with Gasteiger partial charge in [-0.2, -0.15) is 5.10 Å². The van der Waals surface area contributed by atoms with Crippen LogP contribution in [0.4, 0.5) is 4.79 Å². The minimum absolute atomic E-state index is 0.298. The van der Waals surface area contributed by atoms with Gasteiger partial charge in [-0.15, -0.1) is 0 Å². The molecule has 2 aromatic rings. The predicted octanol–water partition coefficient (Wildman–Crippen LogP) is 4.00. The highest BCUT2D eigenvalue weighted by Gasteiger charge is 2.01. The third-order valence-electron chi connectivity index (χ3n) is 2.86. The van der Waals surface area contributed by atoms with E-state index in [0.29, 0.717) is 24.0 Å². The number of nitrogens with zero attached hydrogens (tertiary/aromatic N) is 1. The Morgan fingerprint density at radius 1 is 1.26 bits per heavy atom. The second-order valence-electron chi connectivity index (χ2n) is 4.54. The fourth-order valence-corrected chi connectivity index (χ4v) is 1.97. The number of hydrazone groups is 1. The zero-order valence-corrected chi connectivity index (χ0v) is 13.4. The van der Waals surface area contributed by atoms with E-state index in [4.69, 9.17) is 21.1 Å². The SMILES string of the molecule is CCOC(=O)N/N=C\c1cccc(OCc2ccccc2Cl)c1. The third-order valence-corrected chi connectivity index (χ3v) is 3.22.